The van der Waals surface area contributed by atoms with E-state index in [1.54, 1.807) is 0 Å². The quantitative estimate of drug-likeness (QED) is 0.879. The Balaban J connectivity index is 2.41. The summed E-state index contributed by atoms with van der Waals surface area (Å²) in [6.07, 6.45) is 0. The lowest BCUT2D eigenvalue weighted by Gasteiger charge is -2.20. The summed E-state index contributed by atoms with van der Waals surface area (Å²) in [6.45, 7) is 12.7. The molecule has 0 amide bonds. The van der Waals surface area contributed by atoms with Gasteiger partial charge in [0.2, 0.25) is 5.13 Å². The standard InChI is InChI=1S/C12H24N4S/c1-9(2)16(6)8-7-13-11-14-10(15-17-11)12(3,4)5/h9H,7-8H2,1-6H3,(H,13,14,15). The molecule has 0 unspecified atom stereocenters. The summed E-state index contributed by atoms with van der Waals surface area (Å²) in [5.74, 6) is 0.919. The molecule has 0 radical (unpaired) electrons. The first kappa shape index (κ1) is 14.4. The van der Waals surface area contributed by atoms with Crippen LogP contribution >= 0.6 is 11.5 Å². The molecule has 0 bridgehead atoms. The molecule has 0 saturated carbocycles. The molecule has 0 aliphatic carbocycles. The van der Waals surface area contributed by atoms with E-state index < -0.39 is 0 Å². The number of likely N-dealkylation sites (N-methyl/N-ethyl adjacent to an activating group) is 1. The van der Waals surface area contributed by atoms with Gasteiger partial charge in [0.1, 0.15) is 5.82 Å². The van der Waals surface area contributed by atoms with Crippen molar-refractivity contribution in [3.63, 3.8) is 0 Å². The fourth-order valence-corrected chi connectivity index (χ4v) is 1.98. The second-order valence-electron chi connectivity index (χ2n) is 5.67. The van der Waals surface area contributed by atoms with E-state index >= 15 is 0 Å². The minimum absolute atomic E-state index is 0.0329. The van der Waals surface area contributed by atoms with E-state index in [9.17, 15) is 0 Å². The van der Waals surface area contributed by atoms with Crippen LogP contribution in [0.5, 0.6) is 0 Å². The Kier molecular flexibility index (Phi) is 4.89. The van der Waals surface area contributed by atoms with Gasteiger partial charge in [-0.15, -0.1) is 0 Å². The summed E-state index contributed by atoms with van der Waals surface area (Å²) in [5.41, 5.74) is 0.0329. The highest BCUT2D eigenvalue weighted by molar-refractivity contribution is 7.09. The van der Waals surface area contributed by atoms with Crippen molar-refractivity contribution in [3.8, 4) is 0 Å². The first-order valence-electron chi connectivity index (χ1n) is 6.09. The van der Waals surface area contributed by atoms with Gasteiger partial charge < -0.3 is 10.2 Å². The number of anilines is 1. The highest BCUT2D eigenvalue weighted by atomic mass is 32.1. The molecule has 5 heteroatoms. The van der Waals surface area contributed by atoms with Crippen molar-refractivity contribution in [1.82, 2.24) is 14.3 Å². The second-order valence-corrected chi connectivity index (χ2v) is 6.43. The molecule has 0 fully saturated rings. The molecule has 98 valence electrons. The Bertz CT molecular complexity index is 341. The number of hydrogen-bond donors (Lipinski definition) is 1. The van der Waals surface area contributed by atoms with E-state index in [1.165, 1.54) is 11.5 Å². The fourth-order valence-electron chi connectivity index (χ4n) is 1.20. The predicted octanol–water partition coefficient (Wildman–Crippen LogP) is 2.59. The van der Waals surface area contributed by atoms with E-state index in [0.717, 1.165) is 24.0 Å². The summed E-state index contributed by atoms with van der Waals surface area (Å²) >= 11 is 1.45. The summed E-state index contributed by atoms with van der Waals surface area (Å²) in [6, 6.07) is 0.580. The van der Waals surface area contributed by atoms with Crippen LogP contribution in [-0.4, -0.2) is 40.4 Å². The van der Waals surface area contributed by atoms with Crippen LogP contribution in [-0.2, 0) is 5.41 Å². The Hall–Kier alpha value is -0.680. The van der Waals surface area contributed by atoms with Crippen molar-refractivity contribution in [2.24, 2.45) is 0 Å². The Morgan fingerprint density at radius 3 is 2.47 bits per heavy atom. The SMILES string of the molecule is CC(C)N(C)CCNc1nc(C(C)(C)C)ns1. The van der Waals surface area contributed by atoms with Crippen molar-refractivity contribution in [2.45, 2.75) is 46.1 Å². The van der Waals surface area contributed by atoms with Gasteiger partial charge in [-0.3, -0.25) is 0 Å². The van der Waals surface area contributed by atoms with Crippen LogP contribution in [0.2, 0.25) is 0 Å². The average Bonchev–Trinajstić information content (AvgIpc) is 2.65. The zero-order valence-corrected chi connectivity index (χ0v) is 12.6. The molecule has 1 aromatic heterocycles. The number of nitrogens with one attached hydrogen (secondary N) is 1. The van der Waals surface area contributed by atoms with Crippen molar-refractivity contribution < 1.29 is 0 Å². The van der Waals surface area contributed by atoms with Gasteiger partial charge in [0, 0.05) is 36.1 Å². The molecule has 1 heterocycles. The zero-order chi connectivity index (χ0) is 13.1. The van der Waals surface area contributed by atoms with Gasteiger partial charge in [0.25, 0.3) is 0 Å². The van der Waals surface area contributed by atoms with Crippen molar-refractivity contribution in [2.75, 3.05) is 25.5 Å². The van der Waals surface area contributed by atoms with Crippen LogP contribution in [0.15, 0.2) is 0 Å². The van der Waals surface area contributed by atoms with Gasteiger partial charge in [-0.25, -0.2) is 4.98 Å². The number of aromatic nitrogens is 2. The maximum atomic E-state index is 4.50. The van der Waals surface area contributed by atoms with E-state index in [1.807, 2.05) is 0 Å². The first-order valence-corrected chi connectivity index (χ1v) is 6.86. The Morgan fingerprint density at radius 1 is 1.35 bits per heavy atom. The topological polar surface area (TPSA) is 41.0 Å². The largest absolute Gasteiger partial charge is 0.359 e. The lowest BCUT2D eigenvalue weighted by Crippen LogP contribution is -2.31. The average molecular weight is 256 g/mol. The van der Waals surface area contributed by atoms with E-state index in [2.05, 4.69) is 61.2 Å². The molecule has 0 aliphatic rings. The highest BCUT2D eigenvalue weighted by Gasteiger charge is 2.19. The van der Waals surface area contributed by atoms with Gasteiger partial charge in [-0.1, -0.05) is 20.8 Å². The normalized spacial score (nSPS) is 12.5. The molecule has 1 rings (SSSR count). The molecule has 1 N–H and O–H groups in total. The highest BCUT2D eigenvalue weighted by Crippen LogP contribution is 2.22. The molecule has 0 aromatic carbocycles. The van der Waals surface area contributed by atoms with Gasteiger partial charge in [0.05, 0.1) is 0 Å². The summed E-state index contributed by atoms with van der Waals surface area (Å²) in [7, 11) is 2.13. The summed E-state index contributed by atoms with van der Waals surface area (Å²) in [4.78, 5) is 6.81. The van der Waals surface area contributed by atoms with Crippen LogP contribution in [0.3, 0.4) is 0 Å². The summed E-state index contributed by atoms with van der Waals surface area (Å²) < 4.78 is 4.37. The molecule has 0 saturated heterocycles. The Labute approximate surface area is 109 Å². The molecule has 0 aliphatic heterocycles. The van der Waals surface area contributed by atoms with Crippen LogP contribution in [0.4, 0.5) is 5.13 Å². The molecule has 1 aromatic rings. The van der Waals surface area contributed by atoms with E-state index in [4.69, 9.17) is 0 Å². The number of hydrogen-bond acceptors (Lipinski definition) is 5. The minimum atomic E-state index is 0.0329. The smallest absolute Gasteiger partial charge is 0.202 e. The predicted molar refractivity (Wildman–Crippen MR) is 74.9 cm³/mol. The monoisotopic (exact) mass is 256 g/mol. The third kappa shape index (κ3) is 4.60. The second kappa shape index (κ2) is 5.78. The Morgan fingerprint density at radius 2 is 2.00 bits per heavy atom. The number of rotatable bonds is 5. The van der Waals surface area contributed by atoms with Crippen LogP contribution in [0.25, 0.3) is 0 Å². The van der Waals surface area contributed by atoms with Crippen LogP contribution < -0.4 is 5.32 Å². The van der Waals surface area contributed by atoms with Gasteiger partial charge >= 0.3 is 0 Å². The fraction of sp³-hybridized carbons (Fsp3) is 0.833. The molecule has 0 atom stereocenters. The molecule has 4 nitrogen and oxygen atoms in total. The van der Waals surface area contributed by atoms with Gasteiger partial charge in [0.15, 0.2) is 0 Å². The van der Waals surface area contributed by atoms with E-state index in [0.29, 0.717) is 6.04 Å². The maximum absolute atomic E-state index is 4.50. The molecule has 17 heavy (non-hydrogen) atoms. The van der Waals surface area contributed by atoms with Crippen molar-refractivity contribution in [3.05, 3.63) is 5.82 Å². The number of nitrogens with zero attached hydrogens (tertiary/aromatic N) is 3. The molecule has 0 spiro atoms. The zero-order valence-electron chi connectivity index (χ0n) is 11.7. The molecular formula is C12H24N4S. The molecular weight excluding hydrogens is 232 g/mol. The first-order chi connectivity index (χ1) is 7.80. The van der Waals surface area contributed by atoms with Crippen LogP contribution in [0, 0.1) is 0 Å². The third-order valence-electron chi connectivity index (χ3n) is 2.72. The van der Waals surface area contributed by atoms with Gasteiger partial charge in [-0.05, 0) is 20.9 Å². The summed E-state index contributed by atoms with van der Waals surface area (Å²) in [5, 5.41) is 4.25. The lowest BCUT2D eigenvalue weighted by atomic mass is 9.96. The third-order valence-corrected chi connectivity index (χ3v) is 3.39. The van der Waals surface area contributed by atoms with Crippen LogP contribution in [0.1, 0.15) is 40.4 Å². The lowest BCUT2D eigenvalue weighted by molar-refractivity contribution is 0.284. The maximum Gasteiger partial charge on any atom is 0.202 e. The van der Waals surface area contributed by atoms with Crippen molar-refractivity contribution >= 4 is 16.7 Å². The minimum Gasteiger partial charge on any atom is -0.359 e. The van der Waals surface area contributed by atoms with Crippen molar-refractivity contribution in [1.29, 1.82) is 0 Å². The van der Waals surface area contributed by atoms with Gasteiger partial charge in [-0.2, -0.15) is 4.37 Å². The van der Waals surface area contributed by atoms with E-state index in [-0.39, 0.29) is 5.41 Å².